The third kappa shape index (κ3) is 16.9. The van der Waals surface area contributed by atoms with Gasteiger partial charge in [0.25, 0.3) is 0 Å². The van der Waals surface area contributed by atoms with Crippen molar-refractivity contribution in [3.05, 3.63) is 36.0 Å². The van der Waals surface area contributed by atoms with Crippen molar-refractivity contribution in [3.63, 3.8) is 0 Å². The van der Waals surface area contributed by atoms with Crippen LogP contribution in [0.15, 0.2) is 30.5 Å². The fourth-order valence-electron chi connectivity index (χ4n) is 5.79. The molecule has 0 aliphatic rings. The molecule has 56 heavy (non-hydrogen) atoms. The highest BCUT2D eigenvalue weighted by Gasteiger charge is 2.32. The minimum absolute atomic E-state index is 0.00113. The molecule has 0 saturated carbocycles. The predicted octanol–water partition coefficient (Wildman–Crippen LogP) is -2.10. The molecular formula is C35H59N15O6. The molecule has 0 saturated heterocycles. The van der Waals surface area contributed by atoms with Crippen LogP contribution in [-0.2, 0) is 30.4 Å². The first-order valence-corrected chi connectivity index (χ1v) is 18.5. The molecular weight excluding hydrogens is 726 g/mol. The van der Waals surface area contributed by atoms with E-state index < -0.39 is 59.8 Å². The lowest BCUT2D eigenvalue weighted by atomic mass is 10.0. The van der Waals surface area contributed by atoms with Crippen LogP contribution in [0.4, 0.5) is 0 Å². The number of benzene rings is 1. The Morgan fingerprint density at radius 2 is 1.14 bits per heavy atom. The van der Waals surface area contributed by atoms with E-state index >= 15 is 0 Å². The lowest BCUT2D eigenvalue weighted by Crippen LogP contribution is -2.59. The Morgan fingerprint density at radius 1 is 0.679 bits per heavy atom. The van der Waals surface area contributed by atoms with Crippen LogP contribution in [0.3, 0.4) is 0 Å². The first-order valence-electron chi connectivity index (χ1n) is 18.5. The average molecular weight is 786 g/mol. The molecule has 2 aromatic rings. The predicted molar refractivity (Wildman–Crippen MR) is 212 cm³/mol. The van der Waals surface area contributed by atoms with E-state index in [2.05, 4.69) is 42.2 Å². The summed E-state index contributed by atoms with van der Waals surface area (Å²) < 4.78 is 0. The second-order valence-electron chi connectivity index (χ2n) is 13.8. The maximum Gasteiger partial charge on any atom is 0.326 e. The maximum atomic E-state index is 14.1. The molecule has 1 aromatic carbocycles. The third-order valence-electron chi connectivity index (χ3n) is 8.63. The number of hydrogen-bond acceptors (Lipinski definition) is 9. The van der Waals surface area contributed by atoms with Crippen molar-refractivity contribution >= 4 is 58.4 Å². The highest BCUT2D eigenvalue weighted by molar-refractivity contribution is 5.96. The van der Waals surface area contributed by atoms with Crippen LogP contribution in [-0.4, -0.2) is 107 Å². The Kier molecular flexibility index (Phi) is 19.4. The van der Waals surface area contributed by atoms with E-state index in [0.717, 1.165) is 10.9 Å². The van der Waals surface area contributed by atoms with Gasteiger partial charge in [-0.3, -0.25) is 35.4 Å². The van der Waals surface area contributed by atoms with Gasteiger partial charge in [-0.2, -0.15) is 0 Å². The van der Waals surface area contributed by atoms with Crippen molar-refractivity contribution in [2.24, 2.45) is 28.9 Å². The molecule has 20 N–H and O–H groups in total. The first kappa shape index (κ1) is 46.0. The minimum atomic E-state index is -1.33. The van der Waals surface area contributed by atoms with Gasteiger partial charge in [-0.15, -0.1) is 0 Å². The van der Waals surface area contributed by atoms with Crippen molar-refractivity contribution in [1.29, 1.82) is 16.2 Å². The van der Waals surface area contributed by atoms with Crippen molar-refractivity contribution in [1.82, 2.24) is 42.2 Å². The number of aromatic nitrogens is 1. The average Bonchev–Trinajstić information content (AvgIpc) is 3.53. The Labute approximate surface area is 325 Å². The second-order valence-corrected chi connectivity index (χ2v) is 13.8. The summed E-state index contributed by atoms with van der Waals surface area (Å²) in [5.41, 5.74) is 23.6. The van der Waals surface area contributed by atoms with Gasteiger partial charge in [0.05, 0.1) is 6.04 Å². The summed E-state index contributed by atoms with van der Waals surface area (Å²) in [4.78, 5) is 70.0. The molecule has 1 heterocycles. The number of carboxylic acids is 1. The quantitative estimate of drug-likeness (QED) is 0.0292. The molecule has 0 aliphatic carbocycles. The summed E-state index contributed by atoms with van der Waals surface area (Å²) in [7, 11) is 0. The van der Waals surface area contributed by atoms with Crippen LogP contribution in [0.2, 0.25) is 0 Å². The van der Waals surface area contributed by atoms with Gasteiger partial charge in [-0.25, -0.2) is 4.79 Å². The van der Waals surface area contributed by atoms with Crippen LogP contribution in [0, 0.1) is 22.1 Å². The summed E-state index contributed by atoms with van der Waals surface area (Å²) in [5, 5.41) is 51.2. The number of nitrogens with one attached hydrogen (secondary N) is 11. The fourth-order valence-corrected chi connectivity index (χ4v) is 5.79. The Hall–Kier alpha value is -6.12. The zero-order valence-electron chi connectivity index (χ0n) is 31.9. The van der Waals surface area contributed by atoms with E-state index in [0.29, 0.717) is 18.5 Å². The number of carboxylic acid groups (broad SMARTS) is 1. The van der Waals surface area contributed by atoms with E-state index in [4.69, 9.17) is 39.2 Å². The first-order chi connectivity index (χ1) is 26.5. The zero-order chi connectivity index (χ0) is 41.8. The van der Waals surface area contributed by atoms with Crippen molar-refractivity contribution in [3.8, 4) is 0 Å². The van der Waals surface area contributed by atoms with Crippen molar-refractivity contribution < 1.29 is 29.1 Å². The number of carbonyl (C=O) groups excluding carboxylic acids is 4. The molecule has 2 rings (SSSR count). The van der Waals surface area contributed by atoms with E-state index in [1.807, 2.05) is 38.1 Å². The Bertz CT molecular complexity index is 1660. The number of nitrogens with two attached hydrogens (primary N) is 4. The van der Waals surface area contributed by atoms with E-state index in [9.17, 15) is 29.1 Å². The summed E-state index contributed by atoms with van der Waals surface area (Å²) in [6, 6.07) is 1.42. The largest absolute Gasteiger partial charge is 0.480 e. The normalized spacial score (nSPS) is 13.6. The molecule has 0 spiro atoms. The van der Waals surface area contributed by atoms with Crippen molar-refractivity contribution in [2.45, 2.75) is 95.4 Å². The molecule has 1 aromatic heterocycles. The number of rotatable bonds is 25. The van der Waals surface area contributed by atoms with Gasteiger partial charge in [-0.1, -0.05) is 32.0 Å². The number of aromatic amines is 1. The second kappa shape index (κ2) is 23.6. The minimum Gasteiger partial charge on any atom is -0.480 e. The molecule has 4 amide bonds. The summed E-state index contributed by atoms with van der Waals surface area (Å²) >= 11 is 0. The van der Waals surface area contributed by atoms with Gasteiger partial charge in [0.2, 0.25) is 23.6 Å². The smallest absolute Gasteiger partial charge is 0.326 e. The van der Waals surface area contributed by atoms with Crippen LogP contribution < -0.4 is 60.2 Å². The van der Waals surface area contributed by atoms with E-state index in [1.54, 1.807) is 6.20 Å². The number of para-hydroxylation sites is 1. The lowest BCUT2D eigenvalue weighted by Gasteiger charge is -2.27. The topological polar surface area (TPSA) is 381 Å². The van der Waals surface area contributed by atoms with Gasteiger partial charge < -0.3 is 70.2 Å². The number of hydrogen-bond donors (Lipinski definition) is 16. The molecule has 0 aliphatic heterocycles. The van der Waals surface area contributed by atoms with Crippen LogP contribution >= 0.6 is 0 Å². The number of guanidine groups is 3. The fraction of sp³-hybridized carbons (Fsp3) is 0.543. The van der Waals surface area contributed by atoms with Gasteiger partial charge in [-0.05, 0) is 62.5 Å². The molecule has 0 unspecified atom stereocenters. The number of H-pyrrole nitrogens is 1. The highest BCUT2D eigenvalue weighted by atomic mass is 16.4. The highest BCUT2D eigenvalue weighted by Crippen LogP contribution is 2.20. The molecule has 5 atom stereocenters. The molecule has 0 bridgehead atoms. The van der Waals surface area contributed by atoms with Crippen LogP contribution in [0.5, 0.6) is 0 Å². The number of carbonyl (C=O) groups is 5. The summed E-state index contributed by atoms with van der Waals surface area (Å²) in [6.07, 6.45) is 3.08. The van der Waals surface area contributed by atoms with E-state index in [1.165, 1.54) is 0 Å². The van der Waals surface area contributed by atoms with Crippen LogP contribution in [0.25, 0.3) is 10.9 Å². The monoisotopic (exact) mass is 785 g/mol. The SMILES string of the molecule is CC(C)C[C@H](NC(=O)[C@@H](N)CCCNC(=N)N)C(=O)N[C@@H](CCCNC(=N)N)C(=O)N[C@@H](Cc1c[nH]c2ccccc12)C(=O)N[C@@H](CCCNC(=N)N)C(=O)O. The van der Waals surface area contributed by atoms with Gasteiger partial charge in [0, 0.05) is 43.2 Å². The molecule has 21 heteroatoms. The summed E-state index contributed by atoms with van der Waals surface area (Å²) in [6.45, 7) is 4.43. The number of fused-ring (bicyclic) bond motifs is 1. The van der Waals surface area contributed by atoms with Gasteiger partial charge >= 0.3 is 5.97 Å². The van der Waals surface area contributed by atoms with Gasteiger partial charge in [0.15, 0.2) is 17.9 Å². The van der Waals surface area contributed by atoms with Crippen molar-refractivity contribution in [2.75, 3.05) is 19.6 Å². The molecule has 310 valence electrons. The molecule has 0 radical (unpaired) electrons. The summed E-state index contributed by atoms with van der Waals surface area (Å²) in [5.74, 6) is -4.91. The zero-order valence-corrected chi connectivity index (χ0v) is 31.9. The maximum absolute atomic E-state index is 14.1. The standard InChI is InChI=1S/C35H59N15O6/c1-19(2)16-26(49-28(51)22(36)9-5-13-43-33(37)38)30(53)47-24(11-6-14-44-34(39)40)29(52)50-27(17-20-18-46-23-10-4-3-8-21(20)23)31(54)48-25(32(55)56)12-7-15-45-35(41)42/h3-4,8,10,18-19,22,24-27,46H,5-7,9,11-17,36H2,1-2H3,(H,47,53)(H,48,54)(H,49,51)(H,50,52)(H,55,56)(H4,37,38,43)(H4,39,40,44)(H4,41,42,45)/t22-,24-,25-,26-,27-/m0/s1. The lowest BCUT2D eigenvalue weighted by molar-refractivity contribution is -0.142. The third-order valence-corrected chi connectivity index (χ3v) is 8.63. The number of aliphatic carboxylic acids is 1. The Morgan fingerprint density at radius 3 is 1.70 bits per heavy atom. The van der Waals surface area contributed by atoms with E-state index in [-0.39, 0.29) is 81.8 Å². The molecule has 0 fully saturated rings. The van der Waals surface area contributed by atoms with Crippen LogP contribution in [0.1, 0.15) is 64.4 Å². The van der Waals surface area contributed by atoms with Gasteiger partial charge in [0.1, 0.15) is 24.2 Å². The molecule has 21 nitrogen and oxygen atoms in total. The Balaban J connectivity index is 2.35. The number of amides is 4.